The maximum atomic E-state index is 13.6. The number of nitrogens with zero attached hydrogens (tertiary/aromatic N) is 3. The molecule has 1 saturated heterocycles. The minimum absolute atomic E-state index is 0.197. The predicted octanol–water partition coefficient (Wildman–Crippen LogP) is 1.54. The fourth-order valence-electron chi connectivity index (χ4n) is 2.99. The van der Waals surface area contributed by atoms with E-state index in [0.717, 1.165) is 23.5 Å². The molecule has 27 heavy (non-hydrogen) atoms. The lowest BCUT2D eigenvalue weighted by Crippen LogP contribution is -2.48. The summed E-state index contributed by atoms with van der Waals surface area (Å²) < 4.78 is 40.3. The SMILES string of the molecule is CC(C)(O)c1ccc(N2CCN(S(=O)(=O)c3cnc(N)c(F)c3)CC2)cc1. The molecule has 2 aromatic rings. The van der Waals surface area contributed by atoms with Crippen molar-refractivity contribution in [3.63, 3.8) is 0 Å². The van der Waals surface area contributed by atoms with Crippen molar-refractivity contribution < 1.29 is 17.9 Å². The zero-order valence-electron chi connectivity index (χ0n) is 15.3. The first-order valence-electron chi connectivity index (χ1n) is 8.58. The quantitative estimate of drug-likeness (QED) is 0.816. The average molecular weight is 394 g/mol. The number of pyridine rings is 1. The molecule has 1 aliphatic heterocycles. The molecule has 1 aromatic heterocycles. The molecule has 0 saturated carbocycles. The summed E-state index contributed by atoms with van der Waals surface area (Å²) in [5, 5.41) is 10.0. The molecule has 9 heteroatoms. The summed E-state index contributed by atoms with van der Waals surface area (Å²) in [5.41, 5.74) is 6.17. The Morgan fingerprint density at radius 2 is 1.74 bits per heavy atom. The molecule has 1 aliphatic rings. The van der Waals surface area contributed by atoms with Crippen molar-refractivity contribution in [3.05, 3.63) is 47.9 Å². The molecule has 3 rings (SSSR count). The zero-order valence-corrected chi connectivity index (χ0v) is 16.1. The van der Waals surface area contributed by atoms with Crippen molar-refractivity contribution in [2.75, 3.05) is 36.8 Å². The van der Waals surface area contributed by atoms with E-state index in [9.17, 15) is 17.9 Å². The normalized spacial score (nSPS) is 16.5. The Hall–Kier alpha value is -2.23. The number of hydrogen-bond donors (Lipinski definition) is 2. The highest BCUT2D eigenvalue weighted by atomic mass is 32.2. The van der Waals surface area contributed by atoms with E-state index in [1.807, 2.05) is 24.3 Å². The highest BCUT2D eigenvalue weighted by Gasteiger charge is 2.29. The molecule has 0 radical (unpaired) electrons. The summed E-state index contributed by atoms with van der Waals surface area (Å²) >= 11 is 0. The summed E-state index contributed by atoms with van der Waals surface area (Å²) in [6.45, 7) is 5.02. The van der Waals surface area contributed by atoms with Gasteiger partial charge in [0.15, 0.2) is 11.6 Å². The smallest absolute Gasteiger partial charge is 0.244 e. The van der Waals surface area contributed by atoms with E-state index in [2.05, 4.69) is 9.88 Å². The lowest BCUT2D eigenvalue weighted by Gasteiger charge is -2.35. The highest BCUT2D eigenvalue weighted by Crippen LogP contribution is 2.25. The topological polar surface area (TPSA) is 99.8 Å². The van der Waals surface area contributed by atoms with Gasteiger partial charge in [0.05, 0.1) is 5.60 Å². The van der Waals surface area contributed by atoms with E-state index in [-0.39, 0.29) is 23.8 Å². The molecule has 0 unspecified atom stereocenters. The van der Waals surface area contributed by atoms with Gasteiger partial charge < -0.3 is 15.7 Å². The number of sulfonamides is 1. The van der Waals surface area contributed by atoms with Crippen molar-refractivity contribution in [1.29, 1.82) is 0 Å². The van der Waals surface area contributed by atoms with Gasteiger partial charge in [0.1, 0.15) is 4.90 Å². The first-order valence-corrected chi connectivity index (χ1v) is 10.0. The van der Waals surface area contributed by atoms with E-state index in [1.165, 1.54) is 4.31 Å². The van der Waals surface area contributed by atoms with E-state index >= 15 is 0 Å². The molecule has 1 fully saturated rings. The van der Waals surface area contributed by atoms with E-state index < -0.39 is 21.4 Å². The van der Waals surface area contributed by atoms with Crippen LogP contribution in [0.3, 0.4) is 0 Å². The number of nitrogens with two attached hydrogens (primary N) is 1. The molecular formula is C18H23FN4O3S. The Bertz CT molecular complexity index is 919. The average Bonchev–Trinajstić information content (AvgIpc) is 2.63. The summed E-state index contributed by atoms with van der Waals surface area (Å²) in [6, 6.07) is 8.45. The summed E-state index contributed by atoms with van der Waals surface area (Å²) in [4.78, 5) is 5.47. The van der Waals surface area contributed by atoms with Gasteiger partial charge in [0, 0.05) is 38.1 Å². The summed E-state index contributed by atoms with van der Waals surface area (Å²) in [7, 11) is -3.82. The molecular weight excluding hydrogens is 371 g/mol. The van der Waals surface area contributed by atoms with Gasteiger partial charge in [-0.1, -0.05) is 12.1 Å². The zero-order chi connectivity index (χ0) is 19.8. The van der Waals surface area contributed by atoms with Crippen LogP contribution in [0.15, 0.2) is 41.4 Å². The number of hydrogen-bond acceptors (Lipinski definition) is 6. The minimum atomic E-state index is -3.82. The van der Waals surface area contributed by atoms with Crippen molar-refractivity contribution in [1.82, 2.24) is 9.29 Å². The van der Waals surface area contributed by atoms with E-state index in [1.54, 1.807) is 13.8 Å². The van der Waals surface area contributed by atoms with Gasteiger partial charge >= 0.3 is 0 Å². The molecule has 0 spiro atoms. The standard InChI is InChI=1S/C18H23FN4O3S/c1-18(2,24)13-3-5-14(6-4-13)22-7-9-23(10-8-22)27(25,26)15-11-16(19)17(20)21-12-15/h3-6,11-12,24H,7-10H2,1-2H3,(H2,20,21). The van der Waals surface area contributed by atoms with Gasteiger partial charge in [-0.15, -0.1) is 0 Å². The number of anilines is 2. The Morgan fingerprint density at radius 1 is 1.15 bits per heavy atom. The molecule has 7 nitrogen and oxygen atoms in total. The van der Waals surface area contributed by atoms with E-state index in [0.29, 0.717) is 13.1 Å². The van der Waals surface area contributed by atoms with Crippen LogP contribution in [-0.4, -0.2) is 49.0 Å². The van der Waals surface area contributed by atoms with Gasteiger partial charge in [0.2, 0.25) is 10.0 Å². The second-order valence-corrected chi connectivity index (χ2v) is 8.97. The van der Waals surface area contributed by atoms with Crippen molar-refractivity contribution in [3.8, 4) is 0 Å². The fraction of sp³-hybridized carbons (Fsp3) is 0.389. The third-order valence-corrected chi connectivity index (χ3v) is 6.52. The van der Waals surface area contributed by atoms with Crippen LogP contribution >= 0.6 is 0 Å². The Labute approximate surface area is 158 Å². The largest absolute Gasteiger partial charge is 0.386 e. The second kappa shape index (κ2) is 7.06. The van der Waals surface area contributed by atoms with Crippen LogP contribution < -0.4 is 10.6 Å². The molecule has 146 valence electrons. The van der Waals surface area contributed by atoms with Gasteiger partial charge in [0.25, 0.3) is 0 Å². The Balaban J connectivity index is 1.70. The number of nitrogen functional groups attached to an aromatic ring is 1. The van der Waals surface area contributed by atoms with Crippen LogP contribution in [-0.2, 0) is 15.6 Å². The van der Waals surface area contributed by atoms with Crippen LogP contribution in [0.25, 0.3) is 0 Å². The number of halogens is 1. The third-order valence-electron chi connectivity index (χ3n) is 4.66. The lowest BCUT2D eigenvalue weighted by atomic mass is 9.98. The third kappa shape index (κ3) is 4.05. The molecule has 0 amide bonds. The summed E-state index contributed by atoms with van der Waals surface area (Å²) in [5.74, 6) is -1.17. The number of benzene rings is 1. The maximum absolute atomic E-state index is 13.6. The minimum Gasteiger partial charge on any atom is -0.386 e. The van der Waals surface area contributed by atoms with Crippen LogP contribution in [0.1, 0.15) is 19.4 Å². The molecule has 0 atom stereocenters. The van der Waals surface area contributed by atoms with Gasteiger partial charge in [-0.25, -0.2) is 17.8 Å². The number of aliphatic hydroxyl groups is 1. The first-order chi connectivity index (χ1) is 12.6. The monoisotopic (exact) mass is 394 g/mol. The lowest BCUT2D eigenvalue weighted by molar-refractivity contribution is 0.0786. The second-order valence-electron chi connectivity index (χ2n) is 7.04. The van der Waals surface area contributed by atoms with Crippen molar-refractivity contribution in [2.24, 2.45) is 0 Å². The predicted molar refractivity (Wildman–Crippen MR) is 101 cm³/mol. The molecule has 1 aromatic carbocycles. The maximum Gasteiger partial charge on any atom is 0.244 e. The number of rotatable bonds is 4. The van der Waals surface area contributed by atoms with Gasteiger partial charge in [-0.3, -0.25) is 0 Å². The van der Waals surface area contributed by atoms with Gasteiger partial charge in [-0.2, -0.15) is 4.31 Å². The van der Waals surface area contributed by atoms with Crippen LogP contribution in [0.5, 0.6) is 0 Å². The number of aromatic nitrogens is 1. The molecule has 2 heterocycles. The van der Waals surface area contributed by atoms with Crippen LogP contribution in [0.2, 0.25) is 0 Å². The highest BCUT2D eigenvalue weighted by molar-refractivity contribution is 7.89. The van der Waals surface area contributed by atoms with Crippen LogP contribution in [0.4, 0.5) is 15.9 Å². The van der Waals surface area contributed by atoms with E-state index in [4.69, 9.17) is 5.73 Å². The number of piperazine rings is 1. The van der Waals surface area contributed by atoms with Gasteiger partial charge in [-0.05, 0) is 37.6 Å². The Kier molecular flexibility index (Phi) is 5.11. The molecule has 3 N–H and O–H groups in total. The first kappa shape index (κ1) is 19.5. The Morgan fingerprint density at radius 3 is 2.26 bits per heavy atom. The van der Waals surface area contributed by atoms with Crippen molar-refractivity contribution >= 4 is 21.5 Å². The van der Waals surface area contributed by atoms with Crippen LogP contribution in [0, 0.1) is 5.82 Å². The summed E-state index contributed by atoms with van der Waals surface area (Å²) in [6.07, 6.45) is 1.08. The van der Waals surface area contributed by atoms with Crippen molar-refractivity contribution in [2.45, 2.75) is 24.3 Å². The fourth-order valence-corrected chi connectivity index (χ4v) is 4.37. The molecule has 0 aliphatic carbocycles. The molecule has 0 bridgehead atoms.